The highest BCUT2D eigenvalue weighted by Crippen LogP contribution is 2.38. The summed E-state index contributed by atoms with van der Waals surface area (Å²) in [5, 5.41) is 0.772. The summed E-state index contributed by atoms with van der Waals surface area (Å²) in [5.41, 5.74) is -0.0597. The monoisotopic (exact) mass is 422 g/mol. The van der Waals surface area contributed by atoms with Gasteiger partial charge in [-0.25, -0.2) is 4.21 Å². The standard InChI is InChI=1S/C21H21F3N2O2S/c1-4-20(14(2)27,15-8-10-16(11-9-15)21(22,23)24)26-13-12-17-18(25-29(3)28)6-5-7-19(17)26/h5-13,25H,4H2,1-3H3. The van der Waals surface area contributed by atoms with Crippen LogP contribution in [0.4, 0.5) is 18.9 Å². The van der Waals surface area contributed by atoms with Gasteiger partial charge in [-0.05, 0) is 49.2 Å². The molecule has 2 atom stereocenters. The minimum absolute atomic E-state index is 0.185. The van der Waals surface area contributed by atoms with Gasteiger partial charge >= 0.3 is 6.18 Å². The summed E-state index contributed by atoms with van der Waals surface area (Å²) in [7, 11) is -1.27. The van der Waals surface area contributed by atoms with Gasteiger partial charge in [-0.1, -0.05) is 25.1 Å². The van der Waals surface area contributed by atoms with Gasteiger partial charge in [0.1, 0.15) is 16.5 Å². The molecule has 1 N–H and O–H groups in total. The Morgan fingerprint density at radius 3 is 2.21 bits per heavy atom. The Labute approximate surface area is 169 Å². The fraction of sp³-hybridized carbons (Fsp3) is 0.286. The number of rotatable bonds is 6. The van der Waals surface area contributed by atoms with Crippen LogP contribution >= 0.6 is 0 Å². The molecule has 0 fully saturated rings. The second kappa shape index (κ2) is 7.67. The van der Waals surface area contributed by atoms with Crippen molar-refractivity contribution in [3.05, 3.63) is 65.9 Å². The van der Waals surface area contributed by atoms with Crippen molar-refractivity contribution in [2.75, 3.05) is 11.0 Å². The molecule has 4 nitrogen and oxygen atoms in total. The lowest BCUT2D eigenvalue weighted by atomic mass is 9.82. The van der Waals surface area contributed by atoms with Gasteiger partial charge in [-0.2, -0.15) is 13.2 Å². The number of alkyl halides is 3. The van der Waals surface area contributed by atoms with E-state index in [9.17, 15) is 22.2 Å². The molecule has 0 amide bonds. The molecule has 1 aromatic heterocycles. The number of benzene rings is 2. The summed E-state index contributed by atoms with van der Waals surface area (Å²) in [6, 6.07) is 11.9. The number of halogens is 3. The van der Waals surface area contributed by atoms with Gasteiger partial charge in [-0.3, -0.25) is 4.79 Å². The summed E-state index contributed by atoms with van der Waals surface area (Å²) in [6.07, 6.45) is -0.823. The van der Waals surface area contributed by atoms with E-state index in [-0.39, 0.29) is 5.78 Å². The predicted molar refractivity (Wildman–Crippen MR) is 109 cm³/mol. The lowest BCUT2D eigenvalue weighted by Crippen LogP contribution is -2.40. The van der Waals surface area contributed by atoms with E-state index in [2.05, 4.69) is 4.72 Å². The van der Waals surface area contributed by atoms with Crippen molar-refractivity contribution in [2.45, 2.75) is 32.0 Å². The van der Waals surface area contributed by atoms with Crippen molar-refractivity contribution in [2.24, 2.45) is 0 Å². The number of nitrogens with one attached hydrogen (secondary N) is 1. The molecule has 0 spiro atoms. The topological polar surface area (TPSA) is 51.1 Å². The Hall–Kier alpha value is -2.61. The van der Waals surface area contributed by atoms with Crippen LogP contribution < -0.4 is 4.72 Å². The molecule has 3 aromatic rings. The van der Waals surface area contributed by atoms with Crippen molar-refractivity contribution >= 4 is 33.4 Å². The van der Waals surface area contributed by atoms with Crippen molar-refractivity contribution in [3.8, 4) is 0 Å². The first-order valence-corrected chi connectivity index (χ1v) is 10.6. The van der Waals surface area contributed by atoms with Gasteiger partial charge in [0, 0.05) is 17.8 Å². The van der Waals surface area contributed by atoms with E-state index in [1.807, 2.05) is 19.1 Å². The van der Waals surface area contributed by atoms with Gasteiger partial charge in [0.25, 0.3) is 0 Å². The predicted octanol–water partition coefficient (Wildman–Crippen LogP) is 5.11. The summed E-state index contributed by atoms with van der Waals surface area (Å²) in [6.45, 7) is 3.27. The zero-order valence-electron chi connectivity index (χ0n) is 16.2. The molecular weight excluding hydrogens is 401 g/mol. The Morgan fingerprint density at radius 1 is 1.07 bits per heavy atom. The number of carbonyl (C=O) groups is 1. The van der Waals surface area contributed by atoms with Crippen LogP contribution in [0.1, 0.15) is 31.4 Å². The first-order valence-electron chi connectivity index (χ1n) is 9.00. The maximum absolute atomic E-state index is 13.0. The normalized spacial score (nSPS) is 15.1. The number of anilines is 1. The molecule has 0 aliphatic carbocycles. The Bertz CT molecular complexity index is 1070. The van der Waals surface area contributed by atoms with Crippen LogP contribution in [0.3, 0.4) is 0 Å². The van der Waals surface area contributed by atoms with Crippen molar-refractivity contribution < 1.29 is 22.2 Å². The van der Waals surface area contributed by atoms with E-state index >= 15 is 0 Å². The molecule has 0 radical (unpaired) electrons. The number of Topliss-reactive ketones (excluding diaryl/α,β-unsaturated/α-hetero) is 1. The van der Waals surface area contributed by atoms with E-state index in [0.717, 1.165) is 23.0 Å². The maximum Gasteiger partial charge on any atom is 0.416 e. The number of nitrogens with zero attached hydrogens (tertiary/aromatic N) is 1. The molecule has 29 heavy (non-hydrogen) atoms. The molecular formula is C21H21F3N2O2S. The van der Waals surface area contributed by atoms with Gasteiger partial charge in [0.15, 0.2) is 5.78 Å². The molecule has 154 valence electrons. The largest absolute Gasteiger partial charge is 0.416 e. The second-order valence-corrected chi connectivity index (χ2v) is 7.94. The number of fused-ring (bicyclic) bond motifs is 1. The number of hydrogen-bond acceptors (Lipinski definition) is 2. The zero-order valence-corrected chi connectivity index (χ0v) is 17.0. The van der Waals surface area contributed by atoms with Gasteiger partial charge in [0.05, 0.1) is 16.8 Å². The van der Waals surface area contributed by atoms with Crippen molar-refractivity contribution in [3.63, 3.8) is 0 Å². The molecule has 8 heteroatoms. The molecule has 0 aliphatic heterocycles. The SMILES string of the molecule is CCC(C(C)=O)(c1ccc(C(F)(F)F)cc1)n1ccc2c(NS(C)=O)cccc21. The van der Waals surface area contributed by atoms with E-state index in [4.69, 9.17) is 0 Å². The van der Waals surface area contributed by atoms with Crippen LogP contribution in [-0.2, 0) is 27.5 Å². The first kappa shape index (κ1) is 21.1. The number of hydrogen-bond donors (Lipinski definition) is 1. The third kappa shape index (κ3) is 3.69. The number of aromatic nitrogens is 1. The molecule has 0 aliphatic rings. The molecule has 0 saturated carbocycles. The molecule has 2 aromatic carbocycles. The van der Waals surface area contributed by atoms with Crippen LogP contribution in [0.2, 0.25) is 0 Å². The lowest BCUT2D eigenvalue weighted by Gasteiger charge is -2.34. The van der Waals surface area contributed by atoms with Crippen molar-refractivity contribution in [1.82, 2.24) is 4.57 Å². The van der Waals surface area contributed by atoms with Gasteiger partial charge in [-0.15, -0.1) is 0 Å². The highest BCUT2D eigenvalue weighted by molar-refractivity contribution is 7.85. The van der Waals surface area contributed by atoms with Crippen molar-refractivity contribution in [1.29, 1.82) is 0 Å². The van der Waals surface area contributed by atoms with E-state index in [1.54, 1.807) is 22.9 Å². The number of carbonyl (C=O) groups excluding carboxylic acids is 1. The minimum Gasteiger partial charge on any atom is -0.330 e. The van der Waals surface area contributed by atoms with Crippen LogP contribution in [0.5, 0.6) is 0 Å². The molecule has 0 bridgehead atoms. The molecule has 2 unspecified atom stereocenters. The quantitative estimate of drug-likeness (QED) is 0.600. The first-order chi connectivity index (χ1) is 13.6. The van der Waals surface area contributed by atoms with E-state index < -0.39 is 28.3 Å². The van der Waals surface area contributed by atoms with Crippen LogP contribution in [-0.4, -0.2) is 20.8 Å². The summed E-state index contributed by atoms with van der Waals surface area (Å²) >= 11 is 0. The molecule has 0 saturated heterocycles. The smallest absolute Gasteiger partial charge is 0.330 e. The Balaban J connectivity index is 2.22. The molecule has 1 heterocycles. The highest BCUT2D eigenvalue weighted by Gasteiger charge is 2.39. The maximum atomic E-state index is 13.0. The van der Waals surface area contributed by atoms with Gasteiger partial charge in [0.2, 0.25) is 0 Å². The second-order valence-electron chi connectivity index (χ2n) is 6.83. The Kier molecular flexibility index (Phi) is 5.58. The fourth-order valence-electron chi connectivity index (χ4n) is 3.81. The van der Waals surface area contributed by atoms with E-state index in [1.165, 1.54) is 25.3 Å². The van der Waals surface area contributed by atoms with Gasteiger partial charge < -0.3 is 9.29 Å². The van der Waals surface area contributed by atoms with Crippen LogP contribution in [0.25, 0.3) is 10.9 Å². The third-order valence-corrected chi connectivity index (χ3v) is 5.69. The van der Waals surface area contributed by atoms with Crippen LogP contribution in [0, 0.1) is 0 Å². The highest BCUT2D eigenvalue weighted by atomic mass is 32.2. The zero-order chi connectivity index (χ0) is 21.4. The number of ketones is 1. The third-order valence-electron chi connectivity index (χ3n) is 5.18. The summed E-state index contributed by atoms with van der Waals surface area (Å²) in [4.78, 5) is 12.9. The average Bonchev–Trinajstić information content (AvgIpc) is 3.07. The Morgan fingerprint density at radius 2 is 1.69 bits per heavy atom. The van der Waals surface area contributed by atoms with Crippen LogP contribution in [0.15, 0.2) is 54.7 Å². The average molecular weight is 422 g/mol. The summed E-state index contributed by atoms with van der Waals surface area (Å²) < 4.78 is 55.2. The molecule has 3 rings (SSSR count). The van der Waals surface area contributed by atoms with E-state index in [0.29, 0.717) is 17.7 Å². The minimum atomic E-state index is -4.44. The summed E-state index contributed by atoms with van der Waals surface area (Å²) in [5.74, 6) is -0.185. The fourth-order valence-corrected chi connectivity index (χ4v) is 4.30. The lowest BCUT2D eigenvalue weighted by molar-refractivity contribution is -0.137.